The lowest BCUT2D eigenvalue weighted by molar-refractivity contribution is -0.138. The number of methoxy groups -OCH3 is 1. The smallest absolute Gasteiger partial charge is 0.253 e. The van der Waals surface area contributed by atoms with Gasteiger partial charge < -0.3 is 4.74 Å². The number of imide groups is 1. The van der Waals surface area contributed by atoms with Gasteiger partial charge in [0, 0.05) is 24.6 Å². The Kier molecular flexibility index (Phi) is 3.77. The molecule has 2 rings (SSSR count). The van der Waals surface area contributed by atoms with Gasteiger partial charge in [0.1, 0.15) is 5.75 Å². The van der Waals surface area contributed by atoms with Crippen molar-refractivity contribution in [2.45, 2.75) is 12.8 Å². The predicted molar refractivity (Wildman–Crippen MR) is 68.0 cm³/mol. The Morgan fingerprint density at radius 2 is 2.17 bits per heavy atom. The molecule has 1 aliphatic heterocycles. The number of benzene rings is 1. The van der Waals surface area contributed by atoms with Crippen LogP contribution in [0.5, 0.6) is 5.75 Å². The van der Waals surface area contributed by atoms with Crippen LogP contribution in [0.15, 0.2) is 30.3 Å². The third kappa shape index (κ3) is 2.59. The average Bonchev–Trinajstić information content (AvgIpc) is 2.82. The Morgan fingerprint density at radius 3 is 2.83 bits per heavy atom. The summed E-state index contributed by atoms with van der Waals surface area (Å²) >= 11 is 0. The van der Waals surface area contributed by atoms with Crippen molar-refractivity contribution in [2.75, 3.05) is 13.7 Å². The summed E-state index contributed by atoms with van der Waals surface area (Å²) in [4.78, 5) is 24.5. The molecule has 0 unspecified atom stereocenters. The Morgan fingerprint density at radius 1 is 1.39 bits per heavy atom. The molecule has 1 heterocycles. The minimum atomic E-state index is -0.261. The zero-order valence-corrected chi connectivity index (χ0v) is 10.3. The van der Waals surface area contributed by atoms with Crippen molar-refractivity contribution in [2.24, 2.45) is 0 Å². The predicted octanol–water partition coefficient (Wildman–Crippen LogP) is 1.86. The van der Waals surface area contributed by atoms with E-state index in [-0.39, 0.29) is 11.8 Å². The number of hydrogen-bond donors (Lipinski definition) is 0. The molecule has 0 bridgehead atoms. The van der Waals surface area contributed by atoms with Crippen LogP contribution >= 0.6 is 0 Å². The van der Waals surface area contributed by atoms with Gasteiger partial charge in [0.15, 0.2) is 0 Å². The Labute approximate surface area is 106 Å². The highest BCUT2D eigenvalue weighted by Crippen LogP contribution is 2.19. The van der Waals surface area contributed by atoms with E-state index >= 15 is 0 Å². The largest absolute Gasteiger partial charge is 0.496 e. The van der Waals surface area contributed by atoms with Crippen LogP contribution in [0.3, 0.4) is 0 Å². The van der Waals surface area contributed by atoms with Gasteiger partial charge >= 0.3 is 0 Å². The first-order valence-electron chi connectivity index (χ1n) is 5.88. The number of rotatable bonds is 3. The second-order valence-electron chi connectivity index (χ2n) is 4.06. The minimum absolute atomic E-state index is 0.0929. The monoisotopic (exact) mass is 245 g/mol. The maximum atomic E-state index is 11.8. The normalized spacial score (nSPS) is 15.4. The van der Waals surface area contributed by atoms with Gasteiger partial charge in [-0.05, 0) is 18.6 Å². The molecule has 0 aromatic heterocycles. The topological polar surface area (TPSA) is 46.6 Å². The van der Waals surface area contributed by atoms with Crippen molar-refractivity contribution in [3.63, 3.8) is 0 Å². The van der Waals surface area contributed by atoms with Crippen molar-refractivity contribution in [1.82, 2.24) is 4.90 Å². The first kappa shape index (κ1) is 12.4. The highest BCUT2D eigenvalue weighted by Gasteiger charge is 2.24. The number of hydrogen-bond acceptors (Lipinski definition) is 3. The molecule has 0 saturated carbocycles. The van der Waals surface area contributed by atoms with Crippen molar-refractivity contribution < 1.29 is 14.3 Å². The number of carbonyl (C=O) groups excluding carboxylic acids is 2. The lowest BCUT2D eigenvalue weighted by atomic mass is 10.2. The van der Waals surface area contributed by atoms with Crippen molar-refractivity contribution in [3.8, 4) is 5.75 Å². The van der Waals surface area contributed by atoms with Crippen LogP contribution in [0.2, 0.25) is 0 Å². The van der Waals surface area contributed by atoms with E-state index in [0.29, 0.717) is 18.7 Å². The van der Waals surface area contributed by atoms with E-state index in [1.165, 1.54) is 11.0 Å². The average molecular weight is 245 g/mol. The molecule has 0 atom stereocenters. The van der Waals surface area contributed by atoms with Crippen molar-refractivity contribution >= 4 is 17.9 Å². The van der Waals surface area contributed by atoms with Gasteiger partial charge in [0.25, 0.3) is 5.91 Å². The molecule has 18 heavy (non-hydrogen) atoms. The summed E-state index contributed by atoms with van der Waals surface area (Å²) in [5, 5.41) is 0. The molecule has 4 heteroatoms. The number of likely N-dealkylation sites (tertiary alicyclic amines) is 1. The summed E-state index contributed by atoms with van der Waals surface area (Å²) < 4.78 is 5.18. The third-order valence-electron chi connectivity index (χ3n) is 2.88. The van der Waals surface area contributed by atoms with Gasteiger partial charge in [-0.1, -0.05) is 18.2 Å². The van der Waals surface area contributed by atoms with Crippen LogP contribution in [-0.4, -0.2) is 30.4 Å². The van der Waals surface area contributed by atoms with Crippen LogP contribution in [0.4, 0.5) is 0 Å². The molecule has 2 amide bonds. The molecule has 1 saturated heterocycles. The number of amides is 2. The van der Waals surface area contributed by atoms with Crippen LogP contribution in [0.1, 0.15) is 18.4 Å². The molecule has 1 fully saturated rings. The van der Waals surface area contributed by atoms with Gasteiger partial charge in [-0.15, -0.1) is 0 Å². The fourth-order valence-corrected chi connectivity index (χ4v) is 1.94. The summed E-state index contributed by atoms with van der Waals surface area (Å²) in [6.07, 6.45) is 4.31. The molecule has 0 N–H and O–H groups in total. The van der Waals surface area contributed by atoms with E-state index in [2.05, 4.69) is 0 Å². The first-order valence-corrected chi connectivity index (χ1v) is 5.88. The number of carbonyl (C=O) groups is 2. The Bertz CT molecular complexity index is 494. The second kappa shape index (κ2) is 5.49. The molecule has 1 aromatic rings. The van der Waals surface area contributed by atoms with E-state index < -0.39 is 0 Å². The number of ether oxygens (including phenoxy) is 1. The van der Waals surface area contributed by atoms with E-state index in [9.17, 15) is 9.59 Å². The summed E-state index contributed by atoms with van der Waals surface area (Å²) in [6.45, 7) is 0.522. The highest BCUT2D eigenvalue weighted by molar-refractivity contribution is 6.03. The van der Waals surface area contributed by atoms with Gasteiger partial charge in [-0.2, -0.15) is 0 Å². The van der Waals surface area contributed by atoms with E-state index in [1.54, 1.807) is 13.2 Å². The highest BCUT2D eigenvalue weighted by atomic mass is 16.5. The second-order valence-corrected chi connectivity index (χ2v) is 4.06. The molecular weight excluding hydrogens is 230 g/mol. The molecule has 0 aliphatic carbocycles. The Balaban J connectivity index is 2.10. The zero-order valence-electron chi connectivity index (χ0n) is 10.3. The summed E-state index contributed by atoms with van der Waals surface area (Å²) in [6, 6.07) is 7.41. The number of para-hydroxylation sites is 1. The summed E-state index contributed by atoms with van der Waals surface area (Å²) in [5.41, 5.74) is 0.819. The molecule has 1 aromatic carbocycles. The molecule has 1 aliphatic rings. The quantitative estimate of drug-likeness (QED) is 0.763. The lowest BCUT2D eigenvalue weighted by Crippen LogP contribution is -2.30. The fraction of sp³-hybridized carbons (Fsp3) is 0.286. The summed E-state index contributed by atoms with van der Waals surface area (Å²) in [7, 11) is 1.58. The fourth-order valence-electron chi connectivity index (χ4n) is 1.94. The SMILES string of the molecule is COc1ccccc1C=CC(=O)N1CCCC1=O. The van der Waals surface area contributed by atoms with Crippen LogP contribution in [0, 0.1) is 0 Å². The van der Waals surface area contributed by atoms with Gasteiger partial charge in [-0.3, -0.25) is 14.5 Å². The van der Waals surface area contributed by atoms with Crippen molar-refractivity contribution in [1.29, 1.82) is 0 Å². The maximum absolute atomic E-state index is 11.8. The van der Waals surface area contributed by atoms with E-state index in [4.69, 9.17) is 4.74 Å². The molecule has 94 valence electrons. The van der Waals surface area contributed by atoms with Gasteiger partial charge in [0.05, 0.1) is 7.11 Å². The van der Waals surface area contributed by atoms with Crippen molar-refractivity contribution in [3.05, 3.63) is 35.9 Å². The van der Waals surface area contributed by atoms with Gasteiger partial charge in [0.2, 0.25) is 5.91 Å². The minimum Gasteiger partial charge on any atom is -0.496 e. The zero-order chi connectivity index (χ0) is 13.0. The standard InChI is InChI=1S/C14H15NO3/c1-18-12-6-3-2-5-11(12)8-9-14(17)15-10-4-7-13(15)16/h2-3,5-6,8-9H,4,7,10H2,1H3. The van der Waals surface area contributed by atoms with E-state index in [0.717, 1.165) is 12.0 Å². The number of nitrogens with zero attached hydrogens (tertiary/aromatic N) is 1. The Hall–Kier alpha value is -2.10. The van der Waals surface area contributed by atoms with Crippen LogP contribution in [-0.2, 0) is 9.59 Å². The van der Waals surface area contributed by atoms with Crippen LogP contribution < -0.4 is 4.74 Å². The molecule has 0 spiro atoms. The maximum Gasteiger partial charge on any atom is 0.253 e. The summed E-state index contributed by atoms with van der Waals surface area (Å²) in [5.74, 6) is 0.349. The van der Waals surface area contributed by atoms with E-state index in [1.807, 2.05) is 24.3 Å². The van der Waals surface area contributed by atoms with Gasteiger partial charge in [-0.25, -0.2) is 0 Å². The molecular formula is C14H15NO3. The lowest BCUT2D eigenvalue weighted by Gasteiger charge is -2.10. The molecule has 0 radical (unpaired) electrons. The third-order valence-corrected chi connectivity index (χ3v) is 2.88. The first-order chi connectivity index (χ1) is 8.72. The van der Waals surface area contributed by atoms with Crippen LogP contribution in [0.25, 0.3) is 6.08 Å². The molecule has 4 nitrogen and oxygen atoms in total.